The maximum atomic E-state index is 13.7. The number of hydrogen-bond acceptors (Lipinski definition) is 3. The first-order valence-corrected chi connectivity index (χ1v) is 7.87. The van der Waals surface area contributed by atoms with Crippen LogP contribution in [-0.2, 0) is 0 Å². The summed E-state index contributed by atoms with van der Waals surface area (Å²) in [6.07, 6.45) is 0.288. The van der Waals surface area contributed by atoms with E-state index in [1.165, 1.54) is 26.0 Å². The van der Waals surface area contributed by atoms with Gasteiger partial charge in [-0.15, -0.1) is 0 Å². The Morgan fingerprint density at radius 2 is 1.83 bits per heavy atom. The number of hydrogen-bond donors (Lipinski definition) is 2. The predicted octanol–water partition coefficient (Wildman–Crippen LogP) is 4.99. The van der Waals surface area contributed by atoms with Gasteiger partial charge in [-0.1, -0.05) is 38.3 Å². The minimum absolute atomic E-state index is 0.126. The van der Waals surface area contributed by atoms with Crippen LogP contribution in [0.4, 0.5) is 17.6 Å². The highest BCUT2D eigenvalue weighted by Gasteiger charge is 2.36. The van der Waals surface area contributed by atoms with Crippen molar-refractivity contribution >= 4 is 17.3 Å². The predicted molar refractivity (Wildman–Crippen MR) is 89.6 cm³/mol. The van der Waals surface area contributed by atoms with Crippen molar-refractivity contribution in [1.82, 2.24) is 5.32 Å². The third kappa shape index (κ3) is 7.49. The summed E-state index contributed by atoms with van der Waals surface area (Å²) in [7, 11) is 0. The Morgan fingerprint density at radius 3 is 2.17 bits per heavy atom. The summed E-state index contributed by atoms with van der Waals surface area (Å²) in [4.78, 5) is 3.38. The summed E-state index contributed by atoms with van der Waals surface area (Å²) in [5.74, 6) is -0.730. The molecule has 1 heterocycles. The third-order valence-corrected chi connectivity index (χ3v) is 3.20. The van der Waals surface area contributed by atoms with Gasteiger partial charge in [0.15, 0.2) is 5.70 Å². The van der Waals surface area contributed by atoms with Crippen molar-refractivity contribution in [2.24, 2.45) is 4.99 Å². The van der Waals surface area contributed by atoms with Gasteiger partial charge in [0.1, 0.15) is 11.9 Å². The Kier molecular flexibility index (Phi) is 9.92. The average Bonchev–Trinajstić information content (AvgIpc) is 2.50. The monoisotopic (exact) mass is 370 g/mol. The van der Waals surface area contributed by atoms with Crippen LogP contribution >= 0.6 is 11.6 Å². The molecule has 24 heavy (non-hydrogen) atoms. The summed E-state index contributed by atoms with van der Waals surface area (Å²) >= 11 is 5.37. The topological polar surface area (TPSA) is 44.6 Å². The molecule has 1 atom stereocenters. The van der Waals surface area contributed by atoms with Crippen molar-refractivity contribution < 1.29 is 22.7 Å². The molecule has 1 unspecified atom stereocenters. The van der Waals surface area contributed by atoms with Crippen LogP contribution in [0.25, 0.3) is 0 Å². The van der Waals surface area contributed by atoms with Crippen molar-refractivity contribution in [3.05, 3.63) is 34.4 Å². The molecule has 1 rings (SSSR count). The minimum atomic E-state index is -4.71. The Labute approximate surface area is 144 Å². The molecule has 0 saturated heterocycles. The van der Waals surface area contributed by atoms with Gasteiger partial charge in [0.25, 0.3) is 0 Å². The van der Waals surface area contributed by atoms with Gasteiger partial charge in [-0.3, -0.25) is 0 Å². The first kappa shape index (κ1) is 22.7. The molecule has 3 nitrogen and oxygen atoms in total. The number of unbranched alkanes of at least 4 members (excludes halogenated alkanes) is 1. The van der Waals surface area contributed by atoms with Gasteiger partial charge >= 0.3 is 6.18 Å². The first-order chi connectivity index (χ1) is 11.1. The molecule has 0 radical (unpaired) electrons. The molecular weight excluding hydrogens is 348 g/mol. The first-order valence-electron chi connectivity index (χ1n) is 7.50. The summed E-state index contributed by atoms with van der Waals surface area (Å²) in [5.41, 5.74) is -1.10. The molecule has 1 aliphatic rings. The van der Waals surface area contributed by atoms with Crippen LogP contribution in [0.1, 0.15) is 40.5 Å². The Balaban J connectivity index is 0.00000118. The normalized spacial score (nSPS) is 19.4. The Hall–Kier alpha value is -1.34. The number of allylic oxidation sites excluding steroid dienone is 2. The van der Waals surface area contributed by atoms with E-state index in [0.717, 1.165) is 13.0 Å². The van der Waals surface area contributed by atoms with Crippen molar-refractivity contribution in [2.75, 3.05) is 6.61 Å². The molecule has 0 aromatic rings. The van der Waals surface area contributed by atoms with E-state index in [2.05, 4.69) is 24.2 Å². The van der Waals surface area contributed by atoms with Gasteiger partial charge in [0.2, 0.25) is 0 Å². The number of nitrogens with one attached hydrogen (secondary N) is 1. The highest BCUT2D eigenvalue weighted by molar-refractivity contribution is 6.29. The van der Waals surface area contributed by atoms with E-state index in [-0.39, 0.29) is 17.9 Å². The largest absolute Gasteiger partial charge is 0.434 e. The fraction of sp³-hybridized carbons (Fsp3) is 0.562. The maximum Gasteiger partial charge on any atom is 0.434 e. The van der Waals surface area contributed by atoms with E-state index in [9.17, 15) is 17.6 Å². The molecule has 8 heteroatoms. The van der Waals surface area contributed by atoms with Gasteiger partial charge in [-0.05, 0) is 25.5 Å². The molecule has 0 aromatic carbocycles. The maximum absolute atomic E-state index is 13.7. The van der Waals surface area contributed by atoms with Crippen LogP contribution in [-0.4, -0.2) is 29.6 Å². The zero-order valence-electron chi connectivity index (χ0n) is 14.1. The molecule has 138 valence electrons. The van der Waals surface area contributed by atoms with Crippen molar-refractivity contribution in [3.8, 4) is 0 Å². The average molecular weight is 371 g/mol. The van der Waals surface area contributed by atoms with Crippen LogP contribution < -0.4 is 5.32 Å². The summed E-state index contributed by atoms with van der Waals surface area (Å²) in [6, 6.07) is -1.11. The number of aliphatic imine (C=N–C) groups is 1. The number of dihydropyridines is 1. The van der Waals surface area contributed by atoms with Crippen LogP contribution in [0.2, 0.25) is 0 Å². The molecule has 2 N–H and O–H groups in total. The lowest BCUT2D eigenvalue weighted by atomic mass is 10.1. The number of alkyl halides is 3. The lowest BCUT2D eigenvalue weighted by Gasteiger charge is -2.21. The van der Waals surface area contributed by atoms with Gasteiger partial charge in [-0.2, -0.15) is 13.2 Å². The van der Waals surface area contributed by atoms with E-state index in [0.29, 0.717) is 0 Å². The second kappa shape index (κ2) is 10.5. The fourth-order valence-electron chi connectivity index (χ4n) is 1.56. The summed E-state index contributed by atoms with van der Waals surface area (Å²) in [5, 5.41) is 10.8. The van der Waals surface area contributed by atoms with E-state index in [1.807, 2.05) is 0 Å². The number of aliphatic hydroxyl groups excluding tert-OH is 1. The number of aliphatic hydroxyl groups is 1. The molecular formula is C16H23ClF4N2O. The zero-order valence-corrected chi connectivity index (χ0v) is 14.9. The lowest BCUT2D eigenvalue weighted by Crippen LogP contribution is -2.35. The Bertz CT molecular complexity index is 531. The van der Waals surface area contributed by atoms with Crippen molar-refractivity contribution in [1.29, 1.82) is 0 Å². The van der Waals surface area contributed by atoms with E-state index >= 15 is 0 Å². The molecule has 0 aromatic heterocycles. The smallest absolute Gasteiger partial charge is 0.392 e. The zero-order chi connectivity index (χ0) is 18.9. The van der Waals surface area contributed by atoms with E-state index in [4.69, 9.17) is 16.7 Å². The highest BCUT2D eigenvalue weighted by Crippen LogP contribution is 2.31. The SMILES string of the molecule is CC(=N/C(=C(\C)Cl)C(F)(F)F)C1NC=C(CO)C=C1F.CCCC. The minimum Gasteiger partial charge on any atom is -0.392 e. The van der Waals surface area contributed by atoms with E-state index < -0.39 is 28.8 Å². The highest BCUT2D eigenvalue weighted by atomic mass is 35.5. The van der Waals surface area contributed by atoms with Crippen LogP contribution in [0.3, 0.4) is 0 Å². The molecule has 1 aliphatic heterocycles. The molecule has 0 saturated carbocycles. The van der Waals surface area contributed by atoms with Crippen molar-refractivity contribution in [2.45, 2.75) is 52.8 Å². The quantitative estimate of drug-likeness (QED) is 0.541. The van der Waals surface area contributed by atoms with Crippen LogP contribution in [0.15, 0.2) is 39.4 Å². The fourth-order valence-corrected chi connectivity index (χ4v) is 1.71. The number of halogens is 5. The van der Waals surface area contributed by atoms with Gasteiger partial charge in [0, 0.05) is 16.9 Å². The van der Waals surface area contributed by atoms with E-state index in [1.54, 1.807) is 0 Å². The number of nitrogens with zero attached hydrogens (tertiary/aromatic N) is 1. The molecule has 0 spiro atoms. The van der Waals surface area contributed by atoms with Gasteiger partial charge in [0.05, 0.1) is 6.61 Å². The van der Waals surface area contributed by atoms with Gasteiger partial charge in [-0.25, -0.2) is 9.38 Å². The standard InChI is InChI=1S/C12H13ClF4N2O.C4H10/c1-6(13)11(12(15,16)17)19-7(2)10-9(14)3-8(5-20)4-18-10;1-3-4-2/h3-4,10,18,20H,5H2,1-2H3;3-4H2,1-2H3/b11-6+,19-7?;. The van der Waals surface area contributed by atoms with Crippen LogP contribution in [0.5, 0.6) is 0 Å². The van der Waals surface area contributed by atoms with Gasteiger partial charge < -0.3 is 10.4 Å². The second-order valence-corrected chi connectivity index (χ2v) is 5.71. The molecule has 0 amide bonds. The lowest BCUT2D eigenvalue weighted by molar-refractivity contribution is -0.0927. The molecule has 0 fully saturated rings. The molecule has 0 bridgehead atoms. The van der Waals surface area contributed by atoms with Crippen molar-refractivity contribution in [3.63, 3.8) is 0 Å². The second-order valence-electron chi connectivity index (χ2n) is 5.14. The summed E-state index contributed by atoms with van der Waals surface area (Å²) in [6.45, 7) is 6.30. The van der Waals surface area contributed by atoms with Crippen LogP contribution in [0, 0.1) is 0 Å². The number of rotatable bonds is 4. The Morgan fingerprint density at radius 1 is 1.29 bits per heavy atom. The molecule has 0 aliphatic carbocycles. The third-order valence-electron chi connectivity index (χ3n) is 3.02. The summed E-state index contributed by atoms with van der Waals surface area (Å²) < 4.78 is 51.8.